The molecule has 0 saturated carbocycles. The lowest BCUT2D eigenvalue weighted by Crippen LogP contribution is -2.20. The van der Waals surface area contributed by atoms with E-state index in [0.717, 1.165) is 24.5 Å². The molecule has 0 bridgehead atoms. The van der Waals surface area contributed by atoms with Gasteiger partial charge in [0.15, 0.2) is 0 Å². The third kappa shape index (κ3) is 4.39. The minimum Gasteiger partial charge on any atom is -0.477 e. The lowest BCUT2D eigenvalue weighted by Gasteiger charge is -2.15. The van der Waals surface area contributed by atoms with Crippen LogP contribution in [0.15, 0.2) is 30.3 Å². The van der Waals surface area contributed by atoms with E-state index < -0.39 is 5.97 Å². The molecule has 0 fully saturated rings. The van der Waals surface area contributed by atoms with Crippen molar-refractivity contribution in [1.29, 1.82) is 0 Å². The van der Waals surface area contributed by atoms with E-state index in [9.17, 15) is 9.90 Å². The highest BCUT2D eigenvalue weighted by Gasteiger charge is 2.19. The van der Waals surface area contributed by atoms with E-state index in [2.05, 4.69) is 29.1 Å². The minimum atomic E-state index is -0.870. The molecule has 1 heterocycles. The van der Waals surface area contributed by atoms with Gasteiger partial charge in [-0.3, -0.25) is 0 Å². The van der Waals surface area contributed by atoms with E-state index in [-0.39, 0.29) is 5.92 Å². The predicted molar refractivity (Wildman–Crippen MR) is 89.6 cm³/mol. The zero-order valence-electron chi connectivity index (χ0n) is 13.2. The molecule has 0 atom stereocenters. The SMILES string of the molecule is CC(C)c1nc(CCN(C)Cc2ccccc2)sc1C(=O)O. The standard InChI is InChI=1S/C17H22N2O2S/c1-12(2)15-16(17(20)21)22-14(18-15)9-10-19(3)11-13-7-5-4-6-8-13/h4-8,12H,9-11H2,1-3H3,(H,20,21). The van der Waals surface area contributed by atoms with Crippen LogP contribution in [0.3, 0.4) is 0 Å². The monoisotopic (exact) mass is 318 g/mol. The summed E-state index contributed by atoms with van der Waals surface area (Å²) in [5, 5.41) is 10.2. The quantitative estimate of drug-likeness (QED) is 0.847. The molecular weight excluding hydrogens is 296 g/mol. The first-order valence-corrected chi connectivity index (χ1v) is 8.24. The van der Waals surface area contributed by atoms with E-state index in [1.165, 1.54) is 16.9 Å². The number of hydrogen-bond donors (Lipinski definition) is 1. The van der Waals surface area contributed by atoms with Gasteiger partial charge in [-0.05, 0) is 18.5 Å². The van der Waals surface area contributed by atoms with Crippen molar-refractivity contribution in [3.8, 4) is 0 Å². The smallest absolute Gasteiger partial charge is 0.347 e. The summed E-state index contributed by atoms with van der Waals surface area (Å²) in [7, 11) is 2.07. The minimum absolute atomic E-state index is 0.137. The number of thiazole rings is 1. The Hall–Kier alpha value is -1.72. The summed E-state index contributed by atoms with van der Waals surface area (Å²) < 4.78 is 0. The summed E-state index contributed by atoms with van der Waals surface area (Å²) in [6.45, 7) is 5.70. The van der Waals surface area contributed by atoms with E-state index in [0.29, 0.717) is 10.6 Å². The third-order valence-electron chi connectivity index (χ3n) is 3.44. The Kier molecular flexibility index (Phi) is 5.69. The first-order valence-electron chi connectivity index (χ1n) is 7.42. The van der Waals surface area contributed by atoms with Crippen molar-refractivity contribution >= 4 is 17.3 Å². The second-order valence-electron chi connectivity index (χ2n) is 5.76. The summed E-state index contributed by atoms with van der Waals surface area (Å²) in [6.07, 6.45) is 0.779. The van der Waals surface area contributed by atoms with Crippen LogP contribution in [0.5, 0.6) is 0 Å². The van der Waals surface area contributed by atoms with Gasteiger partial charge < -0.3 is 10.0 Å². The van der Waals surface area contributed by atoms with Gasteiger partial charge in [-0.2, -0.15) is 0 Å². The van der Waals surface area contributed by atoms with E-state index in [1.54, 1.807) is 0 Å². The summed E-state index contributed by atoms with van der Waals surface area (Å²) in [4.78, 5) is 18.4. The highest BCUT2D eigenvalue weighted by atomic mass is 32.1. The van der Waals surface area contributed by atoms with Gasteiger partial charge in [0.1, 0.15) is 4.88 Å². The van der Waals surface area contributed by atoms with Gasteiger partial charge in [-0.15, -0.1) is 11.3 Å². The topological polar surface area (TPSA) is 53.4 Å². The molecule has 1 N–H and O–H groups in total. The lowest BCUT2D eigenvalue weighted by molar-refractivity contribution is 0.0700. The molecule has 0 aliphatic rings. The van der Waals surface area contributed by atoms with Crippen LogP contribution in [0.4, 0.5) is 0 Å². The van der Waals surface area contributed by atoms with Crippen LogP contribution in [-0.4, -0.2) is 34.6 Å². The average Bonchev–Trinajstić information content (AvgIpc) is 2.91. The van der Waals surface area contributed by atoms with Gasteiger partial charge in [0.2, 0.25) is 0 Å². The molecule has 2 aromatic rings. The van der Waals surface area contributed by atoms with Crippen molar-refractivity contribution in [2.45, 2.75) is 32.7 Å². The molecule has 0 saturated heterocycles. The van der Waals surface area contributed by atoms with E-state index in [4.69, 9.17) is 0 Å². The van der Waals surface area contributed by atoms with Gasteiger partial charge in [0.05, 0.1) is 10.7 Å². The fourth-order valence-electron chi connectivity index (χ4n) is 2.29. The summed E-state index contributed by atoms with van der Waals surface area (Å²) in [5.41, 5.74) is 1.98. The van der Waals surface area contributed by atoms with Crippen LogP contribution in [0.1, 0.15) is 45.7 Å². The van der Waals surface area contributed by atoms with E-state index >= 15 is 0 Å². The maximum atomic E-state index is 11.3. The van der Waals surface area contributed by atoms with Crippen molar-refractivity contribution in [3.05, 3.63) is 51.5 Å². The summed E-state index contributed by atoms with van der Waals surface area (Å²) in [5.74, 6) is -0.733. The first-order chi connectivity index (χ1) is 10.5. The molecule has 118 valence electrons. The molecule has 1 aromatic heterocycles. The number of carboxylic acids is 1. The number of benzene rings is 1. The molecule has 1 aromatic carbocycles. The van der Waals surface area contributed by atoms with Gasteiger partial charge in [-0.1, -0.05) is 44.2 Å². The van der Waals surface area contributed by atoms with Crippen LogP contribution < -0.4 is 0 Å². The molecule has 0 aliphatic heterocycles. The van der Waals surface area contributed by atoms with Crippen molar-refractivity contribution in [1.82, 2.24) is 9.88 Å². The number of aromatic carboxylic acids is 1. The number of nitrogens with zero attached hydrogens (tertiary/aromatic N) is 2. The zero-order valence-corrected chi connectivity index (χ0v) is 14.1. The highest BCUT2D eigenvalue weighted by molar-refractivity contribution is 7.13. The highest BCUT2D eigenvalue weighted by Crippen LogP contribution is 2.25. The second kappa shape index (κ2) is 7.51. The largest absolute Gasteiger partial charge is 0.477 e. The van der Waals surface area contributed by atoms with Crippen molar-refractivity contribution in [2.75, 3.05) is 13.6 Å². The molecule has 5 heteroatoms. The van der Waals surface area contributed by atoms with E-state index in [1.807, 2.05) is 32.0 Å². The normalized spacial score (nSPS) is 11.3. The Balaban J connectivity index is 1.96. The molecule has 0 amide bonds. The van der Waals surface area contributed by atoms with Crippen LogP contribution in [0.25, 0.3) is 0 Å². The van der Waals surface area contributed by atoms with Crippen molar-refractivity contribution in [3.63, 3.8) is 0 Å². The predicted octanol–water partition coefficient (Wildman–Crippen LogP) is 3.64. The molecule has 2 rings (SSSR count). The Morgan fingerprint density at radius 2 is 2.00 bits per heavy atom. The summed E-state index contributed by atoms with van der Waals surface area (Å²) >= 11 is 1.31. The number of aromatic nitrogens is 1. The molecule has 22 heavy (non-hydrogen) atoms. The fourth-order valence-corrected chi connectivity index (χ4v) is 3.34. The molecule has 0 spiro atoms. The lowest BCUT2D eigenvalue weighted by atomic mass is 10.1. The second-order valence-corrected chi connectivity index (χ2v) is 6.84. The average molecular weight is 318 g/mol. The Bertz CT molecular complexity index is 623. The van der Waals surface area contributed by atoms with Gasteiger partial charge in [0, 0.05) is 19.5 Å². The van der Waals surface area contributed by atoms with Gasteiger partial charge >= 0.3 is 5.97 Å². The molecule has 0 unspecified atom stereocenters. The van der Waals surface area contributed by atoms with Crippen molar-refractivity contribution in [2.24, 2.45) is 0 Å². The van der Waals surface area contributed by atoms with Gasteiger partial charge in [0.25, 0.3) is 0 Å². The van der Waals surface area contributed by atoms with Crippen LogP contribution in [0, 0.1) is 0 Å². The zero-order chi connectivity index (χ0) is 16.1. The Morgan fingerprint density at radius 1 is 1.32 bits per heavy atom. The number of hydrogen-bond acceptors (Lipinski definition) is 4. The number of carbonyl (C=O) groups is 1. The van der Waals surface area contributed by atoms with Crippen molar-refractivity contribution < 1.29 is 9.90 Å². The Morgan fingerprint density at radius 3 is 2.55 bits per heavy atom. The number of rotatable bonds is 7. The number of carboxylic acid groups (broad SMARTS) is 1. The molecular formula is C17H22N2O2S. The van der Waals surface area contributed by atoms with Crippen LogP contribution >= 0.6 is 11.3 Å². The molecule has 4 nitrogen and oxygen atoms in total. The van der Waals surface area contributed by atoms with Gasteiger partial charge in [-0.25, -0.2) is 9.78 Å². The van der Waals surface area contributed by atoms with Crippen LogP contribution in [0.2, 0.25) is 0 Å². The summed E-state index contributed by atoms with van der Waals surface area (Å²) in [6, 6.07) is 10.3. The maximum absolute atomic E-state index is 11.3. The Labute approximate surface area is 135 Å². The first kappa shape index (κ1) is 16.6. The molecule has 0 radical (unpaired) electrons. The molecule has 0 aliphatic carbocycles. The fraction of sp³-hybridized carbons (Fsp3) is 0.412. The number of likely N-dealkylation sites (N-methyl/N-ethyl adjacent to an activating group) is 1. The maximum Gasteiger partial charge on any atom is 0.347 e. The van der Waals surface area contributed by atoms with Crippen LogP contribution in [-0.2, 0) is 13.0 Å². The third-order valence-corrected chi connectivity index (χ3v) is 4.56.